The zero-order chi connectivity index (χ0) is 25.4. The number of para-hydroxylation sites is 1. The molecule has 0 saturated carbocycles. The van der Waals surface area contributed by atoms with Gasteiger partial charge in [0, 0.05) is 23.0 Å². The second-order valence-corrected chi connectivity index (χ2v) is 8.52. The highest BCUT2D eigenvalue weighted by Gasteiger charge is 2.35. The summed E-state index contributed by atoms with van der Waals surface area (Å²) in [5.74, 6) is -1.55. The molecule has 0 radical (unpaired) electrons. The zero-order valence-electron chi connectivity index (χ0n) is 19.6. The van der Waals surface area contributed by atoms with Crippen molar-refractivity contribution in [2.24, 2.45) is 5.10 Å². The van der Waals surface area contributed by atoms with Gasteiger partial charge in [0.15, 0.2) is 17.3 Å². The number of carboxylic acids is 1. The van der Waals surface area contributed by atoms with Crippen molar-refractivity contribution in [2.45, 2.75) is 13.8 Å². The van der Waals surface area contributed by atoms with Crippen LogP contribution < -0.4 is 10.3 Å². The van der Waals surface area contributed by atoms with E-state index in [2.05, 4.69) is 15.5 Å². The average molecular weight is 479 g/mol. The Balaban J connectivity index is 1.51. The summed E-state index contributed by atoms with van der Waals surface area (Å²) in [6.07, 6.45) is 1.47. The number of anilines is 3. The first-order valence-electron chi connectivity index (χ1n) is 11.2. The number of aromatic carboxylic acids is 1. The van der Waals surface area contributed by atoms with Crippen LogP contribution in [0.3, 0.4) is 0 Å². The smallest absolute Gasteiger partial charge is 0.335 e. The molecule has 0 fully saturated rings. The largest absolute Gasteiger partial charge is 0.504 e. The molecular formula is C28H22N4O4. The van der Waals surface area contributed by atoms with E-state index in [-0.39, 0.29) is 28.7 Å². The highest BCUT2D eigenvalue weighted by molar-refractivity contribution is 6.55. The van der Waals surface area contributed by atoms with Gasteiger partial charge in [0.25, 0.3) is 5.91 Å². The van der Waals surface area contributed by atoms with E-state index in [0.717, 1.165) is 16.8 Å². The molecule has 1 aromatic heterocycles. The van der Waals surface area contributed by atoms with Crippen molar-refractivity contribution >= 4 is 34.8 Å². The summed E-state index contributed by atoms with van der Waals surface area (Å²) in [4.78, 5) is 30.6. The van der Waals surface area contributed by atoms with Gasteiger partial charge in [0.05, 0.1) is 11.3 Å². The van der Waals surface area contributed by atoms with Crippen LogP contribution in [0.2, 0.25) is 0 Å². The second-order valence-electron chi connectivity index (χ2n) is 8.52. The Kier molecular flexibility index (Phi) is 5.69. The van der Waals surface area contributed by atoms with E-state index < -0.39 is 5.97 Å². The molecule has 0 atom stereocenters. The third-order valence-corrected chi connectivity index (χ3v) is 5.89. The summed E-state index contributed by atoms with van der Waals surface area (Å²) in [5.41, 5.74) is 8.09. The van der Waals surface area contributed by atoms with Gasteiger partial charge in [0.2, 0.25) is 0 Å². The van der Waals surface area contributed by atoms with Crippen LogP contribution in [-0.2, 0) is 4.79 Å². The van der Waals surface area contributed by atoms with Gasteiger partial charge in [-0.3, -0.25) is 15.1 Å². The molecule has 0 spiro atoms. The van der Waals surface area contributed by atoms with Crippen LogP contribution in [0.25, 0.3) is 11.1 Å². The number of amides is 1. The summed E-state index contributed by atoms with van der Waals surface area (Å²) < 4.78 is 0. The van der Waals surface area contributed by atoms with E-state index in [1.54, 1.807) is 23.1 Å². The summed E-state index contributed by atoms with van der Waals surface area (Å²) in [6, 6.07) is 21.1. The first kappa shape index (κ1) is 22.8. The van der Waals surface area contributed by atoms with Gasteiger partial charge >= 0.3 is 5.97 Å². The number of carbonyl (C=O) groups is 2. The van der Waals surface area contributed by atoms with Gasteiger partial charge in [-0.15, -0.1) is 0 Å². The Morgan fingerprint density at radius 1 is 0.944 bits per heavy atom. The third kappa shape index (κ3) is 4.05. The number of nitrogens with zero attached hydrogens (tertiary/aromatic N) is 3. The lowest BCUT2D eigenvalue weighted by Crippen LogP contribution is -2.26. The number of hydrogen-bond donors (Lipinski definition) is 3. The number of aromatic hydroxyl groups is 1. The van der Waals surface area contributed by atoms with Crippen LogP contribution in [0.5, 0.6) is 5.75 Å². The third-order valence-electron chi connectivity index (χ3n) is 5.89. The molecule has 2 heterocycles. The van der Waals surface area contributed by atoms with E-state index in [1.807, 2.05) is 56.3 Å². The molecule has 5 rings (SSSR count). The van der Waals surface area contributed by atoms with E-state index >= 15 is 0 Å². The molecule has 36 heavy (non-hydrogen) atoms. The van der Waals surface area contributed by atoms with Gasteiger partial charge in [-0.2, -0.15) is 5.10 Å². The Morgan fingerprint density at radius 3 is 2.44 bits per heavy atom. The highest BCUT2D eigenvalue weighted by atomic mass is 16.4. The van der Waals surface area contributed by atoms with E-state index in [9.17, 15) is 19.8 Å². The fraction of sp³-hybridized carbons (Fsp3) is 0.0714. The topological polar surface area (TPSA) is 115 Å². The first-order chi connectivity index (χ1) is 17.3. The second kappa shape index (κ2) is 8.99. The van der Waals surface area contributed by atoms with Crippen molar-refractivity contribution < 1.29 is 19.8 Å². The monoisotopic (exact) mass is 478 g/mol. The molecule has 1 aliphatic rings. The summed E-state index contributed by atoms with van der Waals surface area (Å²) >= 11 is 0. The molecule has 0 saturated heterocycles. The highest BCUT2D eigenvalue weighted by Crippen LogP contribution is 2.37. The van der Waals surface area contributed by atoms with E-state index in [4.69, 9.17) is 0 Å². The molecule has 0 unspecified atom stereocenters. The number of nitrogens with one attached hydrogen (secondary N) is 1. The molecule has 3 N–H and O–H groups in total. The van der Waals surface area contributed by atoms with Gasteiger partial charge in [0.1, 0.15) is 0 Å². The number of fused-ring (bicyclic) bond motifs is 1. The van der Waals surface area contributed by atoms with Crippen LogP contribution in [0.1, 0.15) is 27.0 Å². The zero-order valence-corrected chi connectivity index (χ0v) is 19.6. The van der Waals surface area contributed by atoms with Crippen LogP contribution in [0, 0.1) is 13.8 Å². The SMILES string of the molecule is Cc1cc(C)cc(N2C(=O)/C(=N\Nc3nccc(-c4cccc(C(=O)O)c4)c3O)c3ccccc32)c1. The number of hydrogen-bond acceptors (Lipinski definition) is 6. The number of pyridine rings is 1. The number of carboxylic acid groups (broad SMARTS) is 1. The van der Waals surface area contributed by atoms with Crippen molar-refractivity contribution in [2.75, 3.05) is 10.3 Å². The maximum Gasteiger partial charge on any atom is 0.335 e. The van der Waals surface area contributed by atoms with Crippen molar-refractivity contribution in [3.63, 3.8) is 0 Å². The minimum Gasteiger partial charge on any atom is -0.504 e. The lowest BCUT2D eigenvalue weighted by atomic mass is 10.0. The molecule has 8 heteroatoms. The van der Waals surface area contributed by atoms with Gasteiger partial charge in [-0.25, -0.2) is 9.78 Å². The average Bonchev–Trinajstić information content (AvgIpc) is 3.14. The number of carbonyl (C=O) groups excluding carboxylic acids is 1. The number of benzene rings is 3. The molecule has 178 valence electrons. The van der Waals surface area contributed by atoms with Crippen molar-refractivity contribution in [1.29, 1.82) is 0 Å². The maximum absolute atomic E-state index is 13.5. The van der Waals surface area contributed by atoms with Crippen molar-refractivity contribution in [3.05, 3.63) is 101 Å². The molecule has 0 aliphatic carbocycles. The van der Waals surface area contributed by atoms with Crippen LogP contribution in [0.15, 0.2) is 84.1 Å². The van der Waals surface area contributed by atoms with Crippen LogP contribution >= 0.6 is 0 Å². The fourth-order valence-corrected chi connectivity index (χ4v) is 4.34. The first-order valence-corrected chi connectivity index (χ1v) is 11.2. The fourth-order valence-electron chi connectivity index (χ4n) is 4.34. The van der Waals surface area contributed by atoms with Gasteiger partial charge < -0.3 is 10.2 Å². The standard InChI is InChI=1S/C28H22N4O4/c1-16-12-17(2)14-20(13-16)32-23-9-4-3-8-22(23)24(27(32)34)30-31-26-25(33)21(10-11-29-26)18-6-5-7-19(15-18)28(35)36/h3-15,33H,1-2H3,(H,29,31)(H,35,36)/b30-24-. The molecular weight excluding hydrogens is 456 g/mol. The van der Waals surface area contributed by atoms with Gasteiger partial charge in [-0.05, 0) is 66.9 Å². The lowest BCUT2D eigenvalue weighted by molar-refractivity contribution is -0.111. The Bertz CT molecular complexity index is 1540. The lowest BCUT2D eigenvalue weighted by Gasteiger charge is -2.18. The summed E-state index contributed by atoms with van der Waals surface area (Å²) in [7, 11) is 0. The van der Waals surface area contributed by atoms with Gasteiger partial charge in [-0.1, -0.05) is 36.4 Å². The minimum atomic E-state index is -1.07. The number of aromatic nitrogens is 1. The molecule has 1 amide bonds. The van der Waals surface area contributed by atoms with E-state index in [1.165, 1.54) is 18.3 Å². The molecule has 0 bridgehead atoms. The predicted octanol–water partition coefficient (Wildman–Crippen LogP) is 5.26. The van der Waals surface area contributed by atoms with Crippen LogP contribution in [0.4, 0.5) is 17.2 Å². The number of aryl methyl sites for hydroxylation is 2. The molecule has 4 aromatic rings. The van der Waals surface area contributed by atoms with Crippen molar-refractivity contribution in [3.8, 4) is 16.9 Å². The number of hydrazone groups is 1. The molecule has 3 aromatic carbocycles. The predicted molar refractivity (Wildman–Crippen MR) is 138 cm³/mol. The summed E-state index contributed by atoms with van der Waals surface area (Å²) in [5, 5.41) is 24.5. The quantitative estimate of drug-likeness (QED) is 0.337. The Morgan fingerprint density at radius 2 is 1.69 bits per heavy atom. The Hall–Kier alpha value is -4.98. The number of rotatable bonds is 5. The molecule has 1 aliphatic heterocycles. The van der Waals surface area contributed by atoms with Crippen molar-refractivity contribution in [1.82, 2.24) is 4.98 Å². The molecule has 8 nitrogen and oxygen atoms in total. The Labute approximate surface area is 207 Å². The maximum atomic E-state index is 13.5. The summed E-state index contributed by atoms with van der Waals surface area (Å²) in [6.45, 7) is 3.96. The van der Waals surface area contributed by atoms with E-state index in [0.29, 0.717) is 22.4 Å². The van der Waals surface area contributed by atoms with Crippen LogP contribution in [-0.4, -0.2) is 32.8 Å². The normalized spacial score (nSPS) is 13.7. The minimum absolute atomic E-state index is 0.0378.